The maximum absolute atomic E-state index is 11.2. The van der Waals surface area contributed by atoms with Crippen molar-refractivity contribution >= 4 is 41.7 Å². The number of carbonyl (C=O) groups excluding carboxylic acids is 1. The van der Waals surface area contributed by atoms with Crippen molar-refractivity contribution in [3.8, 4) is 0 Å². The average molecular weight is 489 g/mol. The molecule has 8 heteroatoms. The van der Waals surface area contributed by atoms with Crippen molar-refractivity contribution in [1.29, 1.82) is 0 Å². The summed E-state index contributed by atoms with van der Waals surface area (Å²) in [7, 11) is 3.14. The molecule has 2 unspecified atom stereocenters. The molecule has 0 saturated carbocycles. The van der Waals surface area contributed by atoms with Gasteiger partial charge in [0.1, 0.15) is 0 Å². The summed E-state index contributed by atoms with van der Waals surface area (Å²) in [5, 5.41) is 9.54. The second kappa shape index (κ2) is 11.3. The van der Waals surface area contributed by atoms with Crippen LogP contribution in [0.2, 0.25) is 0 Å². The van der Waals surface area contributed by atoms with Crippen LogP contribution in [0, 0.1) is 5.92 Å². The highest BCUT2D eigenvalue weighted by molar-refractivity contribution is 14.0. The lowest BCUT2D eigenvalue weighted by Crippen LogP contribution is -2.46. The van der Waals surface area contributed by atoms with Crippen molar-refractivity contribution in [3.63, 3.8) is 0 Å². The molecule has 1 aliphatic heterocycles. The van der Waals surface area contributed by atoms with E-state index < -0.39 is 6.09 Å². The summed E-state index contributed by atoms with van der Waals surface area (Å²) in [6.45, 7) is 9.56. The largest absolute Gasteiger partial charge is 0.453 e. The summed E-state index contributed by atoms with van der Waals surface area (Å²) < 4.78 is 4.58. The minimum absolute atomic E-state index is 0. The molecule has 1 aromatic carbocycles. The lowest BCUT2D eigenvalue weighted by molar-refractivity contribution is 0.187. The van der Waals surface area contributed by atoms with Crippen molar-refractivity contribution in [2.75, 3.05) is 32.6 Å². The van der Waals surface area contributed by atoms with Gasteiger partial charge in [-0.25, -0.2) is 4.79 Å². The molecule has 1 fully saturated rings. The van der Waals surface area contributed by atoms with E-state index >= 15 is 0 Å². The van der Waals surface area contributed by atoms with Crippen LogP contribution in [-0.2, 0) is 11.3 Å². The fourth-order valence-corrected chi connectivity index (χ4v) is 3.04. The normalized spacial score (nSPS) is 20.1. The van der Waals surface area contributed by atoms with Gasteiger partial charge in [-0.15, -0.1) is 24.0 Å². The topological polar surface area (TPSA) is 78.0 Å². The van der Waals surface area contributed by atoms with Gasteiger partial charge >= 0.3 is 6.09 Å². The number of nitrogens with zero attached hydrogens (tertiary/aromatic N) is 2. The number of rotatable bonds is 5. The predicted octanol–water partition coefficient (Wildman–Crippen LogP) is 2.88. The molecule has 152 valence electrons. The molecule has 1 saturated heterocycles. The molecule has 0 spiro atoms. The monoisotopic (exact) mass is 489 g/mol. The number of carbonyl (C=O) groups is 1. The number of amides is 1. The Morgan fingerprint density at radius 1 is 1.30 bits per heavy atom. The smallest absolute Gasteiger partial charge is 0.411 e. The van der Waals surface area contributed by atoms with Gasteiger partial charge in [0.2, 0.25) is 0 Å². The summed E-state index contributed by atoms with van der Waals surface area (Å²) in [5.41, 5.74) is 1.81. The van der Waals surface area contributed by atoms with Crippen LogP contribution in [0.5, 0.6) is 0 Å². The second-order valence-electron chi connectivity index (χ2n) is 7.02. The van der Waals surface area contributed by atoms with Crippen LogP contribution in [0.25, 0.3) is 0 Å². The first kappa shape index (κ1) is 23.5. The number of nitrogens with one attached hydrogen (secondary N) is 3. The molecule has 27 heavy (non-hydrogen) atoms. The first-order valence-electron chi connectivity index (χ1n) is 9.08. The summed E-state index contributed by atoms with van der Waals surface area (Å²) in [6.07, 6.45) is -0.471. The Kier molecular flexibility index (Phi) is 9.86. The van der Waals surface area contributed by atoms with Gasteiger partial charge in [-0.3, -0.25) is 15.2 Å². The number of anilines is 1. The van der Waals surface area contributed by atoms with E-state index in [4.69, 9.17) is 0 Å². The van der Waals surface area contributed by atoms with Crippen molar-refractivity contribution in [1.82, 2.24) is 15.5 Å². The minimum atomic E-state index is -0.471. The first-order chi connectivity index (χ1) is 12.4. The van der Waals surface area contributed by atoms with Crippen molar-refractivity contribution < 1.29 is 9.53 Å². The summed E-state index contributed by atoms with van der Waals surface area (Å²) in [6, 6.07) is 8.59. The van der Waals surface area contributed by atoms with Crippen LogP contribution in [0.3, 0.4) is 0 Å². The number of guanidine groups is 1. The Bertz CT molecular complexity index is 621. The number of aliphatic imine (C=N–C) groups is 1. The highest BCUT2D eigenvalue weighted by atomic mass is 127. The third-order valence-corrected chi connectivity index (χ3v) is 4.76. The molecule has 2 rings (SSSR count). The molecule has 0 aliphatic carbocycles. The average Bonchev–Trinajstić information content (AvgIpc) is 3.00. The molecular formula is C19H32IN5O2. The van der Waals surface area contributed by atoms with E-state index in [0.29, 0.717) is 30.2 Å². The van der Waals surface area contributed by atoms with Gasteiger partial charge in [0.05, 0.1) is 7.11 Å². The Morgan fingerprint density at radius 2 is 1.96 bits per heavy atom. The van der Waals surface area contributed by atoms with E-state index in [1.807, 2.05) is 24.3 Å². The third kappa shape index (κ3) is 7.17. The molecule has 0 aromatic heterocycles. The van der Waals surface area contributed by atoms with E-state index in [-0.39, 0.29) is 24.0 Å². The van der Waals surface area contributed by atoms with Crippen LogP contribution < -0.4 is 16.0 Å². The molecule has 7 nitrogen and oxygen atoms in total. The standard InChI is InChI=1S/C19H31N5O2.HI/c1-13(2)24-11-14(3)17(12-24)23-18(20-4)21-10-15-6-8-16(9-7-15)22-19(25)26-5;/h6-9,13-14,17H,10-12H2,1-5H3,(H,22,25)(H2,20,21,23);1H. The van der Waals surface area contributed by atoms with Gasteiger partial charge in [-0.2, -0.15) is 0 Å². The zero-order chi connectivity index (χ0) is 19.1. The van der Waals surface area contributed by atoms with E-state index in [0.717, 1.165) is 24.6 Å². The van der Waals surface area contributed by atoms with Crippen molar-refractivity contribution in [2.45, 2.75) is 39.4 Å². The maximum atomic E-state index is 11.2. The highest BCUT2D eigenvalue weighted by Crippen LogP contribution is 2.18. The number of halogens is 1. The van der Waals surface area contributed by atoms with Crippen LogP contribution in [0.1, 0.15) is 26.3 Å². The van der Waals surface area contributed by atoms with Gasteiger partial charge in [0.15, 0.2) is 5.96 Å². The fourth-order valence-electron chi connectivity index (χ4n) is 3.04. The Morgan fingerprint density at radius 3 is 2.48 bits per heavy atom. The summed E-state index contributed by atoms with van der Waals surface area (Å²) >= 11 is 0. The Labute approximate surface area is 179 Å². The molecule has 1 aliphatic rings. The SMILES string of the molecule is CN=C(NCc1ccc(NC(=O)OC)cc1)NC1CN(C(C)C)CC1C.I. The van der Waals surface area contributed by atoms with Gasteiger partial charge in [0, 0.05) is 44.5 Å². The van der Waals surface area contributed by atoms with Crippen LogP contribution in [0.4, 0.5) is 10.5 Å². The molecular weight excluding hydrogens is 457 g/mol. The number of likely N-dealkylation sites (tertiary alicyclic amines) is 1. The molecule has 0 radical (unpaired) electrons. The minimum Gasteiger partial charge on any atom is -0.453 e. The third-order valence-electron chi connectivity index (χ3n) is 4.76. The van der Waals surface area contributed by atoms with Gasteiger partial charge in [0.25, 0.3) is 0 Å². The van der Waals surface area contributed by atoms with Crippen LogP contribution >= 0.6 is 24.0 Å². The molecule has 1 aromatic rings. The number of benzene rings is 1. The molecule has 1 amide bonds. The van der Waals surface area contributed by atoms with Crippen LogP contribution in [-0.4, -0.2) is 56.3 Å². The highest BCUT2D eigenvalue weighted by Gasteiger charge is 2.31. The second-order valence-corrected chi connectivity index (χ2v) is 7.02. The van der Waals surface area contributed by atoms with Crippen molar-refractivity contribution in [2.24, 2.45) is 10.9 Å². The lowest BCUT2D eigenvalue weighted by atomic mass is 10.1. The zero-order valence-corrected chi connectivity index (χ0v) is 19.1. The molecule has 3 N–H and O–H groups in total. The molecule has 2 atom stereocenters. The predicted molar refractivity (Wildman–Crippen MR) is 121 cm³/mol. The summed E-state index contributed by atoms with van der Waals surface area (Å²) in [4.78, 5) is 18.0. The molecule has 0 bridgehead atoms. The molecule has 1 heterocycles. The first-order valence-corrected chi connectivity index (χ1v) is 9.08. The van der Waals surface area contributed by atoms with Crippen LogP contribution in [0.15, 0.2) is 29.3 Å². The number of ether oxygens (including phenoxy) is 1. The summed E-state index contributed by atoms with van der Waals surface area (Å²) in [5.74, 6) is 1.39. The quantitative estimate of drug-likeness (QED) is 0.337. The zero-order valence-electron chi connectivity index (χ0n) is 16.8. The maximum Gasteiger partial charge on any atom is 0.411 e. The van der Waals surface area contributed by atoms with Gasteiger partial charge in [-0.05, 0) is 37.5 Å². The van der Waals surface area contributed by atoms with Gasteiger partial charge in [-0.1, -0.05) is 19.1 Å². The van der Waals surface area contributed by atoms with E-state index in [1.54, 1.807) is 7.05 Å². The van der Waals surface area contributed by atoms with E-state index in [9.17, 15) is 4.79 Å². The fraction of sp³-hybridized carbons (Fsp3) is 0.579. The lowest BCUT2D eigenvalue weighted by Gasteiger charge is -2.22. The number of hydrogen-bond donors (Lipinski definition) is 3. The Balaban J connectivity index is 0.00000364. The van der Waals surface area contributed by atoms with E-state index in [2.05, 4.69) is 51.4 Å². The van der Waals surface area contributed by atoms with E-state index in [1.165, 1.54) is 7.11 Å². The Hall–Kier alpha value is -1.55. The number of hydrogen-bond acceptors (Lipinski definition) is 4. The van der Waals surface area contributed by atoms with Crippen molar-refractivity contribution in [3.05, 3.63) is 29.8 Å². The number of methoxy groups -OCH3 is 1. The van der Waals surface area contributed by atoms with Gasteiger partial charge < -0.3 is 15.4 Å².